The maximum atomic E-state index is 11.7. The van der Waals surface area contributed by atoms with Gasteiger partial charge in [-0.2, -0.15) is 0 Å². The van der Waals surface area contributed by atoms with Gasteiger partial charge in [-0.1, -0.05) is 6.92 Å². The molecule has 0 bridgehead atoms. The summed E-state index contributed by atoms with van der Waals surface area (Å²) >= 11 is 0. The molecule has 0 aliphatic heterocycles. The van der Waals surface area contributed by atoms with E-state index in [4.69, 9.17) is 4.42 Å². The number of amides is 1. The van der Waals surface area contributed by atoms with Gasteiger partial charge in [0.05, 0.1) is 12.7 Å². The average Bonchev–Trinajstić information content (AvgIpc) is 2.70. The van der Waals surface area contributed by atoms with Gasteiger partial charge in [-0.15, -0.1) is 0 Å². The Morgan fingerprint density at radius 3 is 2.72 bits per heavy atom. The summed E-state index contributed by atoms with van der Waals surface area (Å²) in [5, 5.41) is 3.93. The molecule has 0 aliphatic rings. The number of furan rings is 1. The topological polar surface area (TPSA) is 42.2 Å². The number of hydrogen-bond acceptors (Lipinski definition) is 2. The molecule has 1 N–H and O–H groups in total. The van der Waals surface area contributed by atoms with Gasteiger partial charge in [0, 0.05) is 17.5 Å². The Morgan fingerprint density at radius 1 is 1.28 bits per heavy atom. The molecule has 1 amide bonds. The van der Waals surface area contributed by atoms with E-state index in [2.05, 4.69) is 25.2 Å². The largest absolute Gasteiger partial charge is 0.464 e. The number of rotatable bonds is 4. The van der Waals surface area contributed by atoms with E-state index in [1.165, 1.54) is 11.1 Å². The second kappa shape index (κ2) is 5.25. The smallest absolute Gasteiger partial charge is 0.224 e. The molecule has 0 spiro atoms. The molecule has 0 saturated heterocycles. The molecular weight excluding hydrogens is 226 g/mol. The highest BCUT2D eigenvalue weighted by molar-refractivity contribution is 5.88. The van der Waals surface area contributed by atoms with Crippen LogP contribution in [0.2, 0.25) is 0 Å². The number of aryl methyl sites for hydroxylation is 2. The van der Waals surface area contributed by atoms with Gasteiger partial charge in [-0.05, 0) is 43.5 Å². The van der Waals surface area contributed by atoms with Gasteiger partial charge in [0.15, 0.2) is 0 Å². The Bertz CT molecular complexity index is 569. The van der Waals surface area contributed by atoms with Gasteiger partial charge >= 0.3 is 0 Å². The van der Waals surface area contributed by atoms with Crippen LogP contribution in [0, 0.1) is 13.8 Å². The van der Waals surface area contributed by atoms with Crippen LogP contribution in [0.25, 0.3) is 11.0 Å². The minimum atomic E-state index is 0.0535. The molecule has 1 aromatic heterocycles. The molecule has 1 heterocycles. The number of carbonyl (C=O) groups excluding carboxylic acids is 1. The molecule has 2 rings (SSSR count). The second-order valence-corrected chi connectivity index (χ2v) is 4.72. The Hall–Kier alpha value is -1.77. The van der Waals surface area contributed by atoms with Crippen molar-refractivity contribution in [2.24, 2.45) is 0 Å². The predicted molar refractivity (Wildman–Crippen MR) is 72.7 cm³/mol. The van der Waals surface area contributed by atoms with Crippen molar-refractivity contribution >= 4 is 16.9 Å². The molecule has 0 aliphatic carbocycles. The molecule has 2 aromatic rings. The van der Waals surface area contributed by atoms with Crippen LogP contribution >= 0.6 is 0 Å². The first kappa shape index (κ1) is 12.7. The zero-order chi connectivity index (χ0) is 13.1. The first-order valence-electron chi connectivity index (χ1n) is 6.36. The second-order valence-electron chi connectivity index (χ2n) is 4.72. The highest BCUT2D eigenvalue weighted by Crippen LogP contribution is 2.25. The van der Waals surface area contributed by atoms with Crippen LogP contribution < -0.4 is 5.32 Å². The molecule has 1 aromatic carbocycles. The first-order valence-corrected chi connectivity index (χ1v) is 6.36. The van der Waals surface area contributed by atoms with Crippen molar-refractivity contribution in [3.05, 3.63) is 35.1 Å². The van der Waals surface area contributed by atoms with Crippen LogP contribution in [0.4, 0.5) is 0 Å². The summed E-state index contributed by atoms with van der Waals surface area (Å²) in [5.41, 5.74) is 4.25. The third-order valence-electron chi connectivity index (χ3n) is 3.19. The fourth-order valence-corrected chi connectivity index (χ4v) is 1.97. The van der Waals surface area contributed by atoms with Crippen LogP contribution in [0.3, 0.4) is 0 Å². The minimum absolute atomic E-state index is 0.0535. The van der Waals surface area contributed by atoms with E-state index < -0.39 is 0 Å². The summed E-state index contributed by atoms with van der Waals surface area (Å²) < 4.78 is 5.51. The van der Waals surface area contributed by atoms with Crippen molar-refractivity contribution in [1.29, 1.82) is 0 Å². The maximum Gasteiger partial charge on any atom is 0.224 e. The molecule has 3 nitrogen and oxygen atoms in total. The summed E-state index contributed by atoms with van der Waals surface area (Å²) in [6.07, 6.45) is 3.03. The van der Waals surface area contributed by atoms with Crippen LogP contribution in [-0.4, -0.2) is 12.5 Å². The lowest BCUT2D eigenvalue weighted by Gasteiger charge is -2.03. The number of fused-ring (bicyclic) bond motifs is 1. The SMILES string of the molecule is CCCNC(=O)Cc1coc2cc(C)c(C)cc12. The van der Waals surface area contributed by atoms with E-state index in [1.54, 1.807) is 6.26 Å². The molecule has 0 atom stereocenters. The van der Waals surface area contributed by atoms with Gasteiger partial charge < -0.3 is 9.73 Å². The van der Waals surface area contributed by atoms with Crippen molar-refractivity contribution in [2.75, 3.05) is 6.54 Å². The van der Waals surface area contributed by atoms with E-state index in [9.17, 15) is 4.79 Å². The van der Waals surface area contributed by atoms with Crippen molar-refractivity contribution in [3.8, 4) is 0 Å². The average molecular weight is 245 g/mol. The number of benzene rings is 1. The molecule has 0 radical (unpaired) electrons. The Balaban J connectivity index is 2.24. The van der Waals surface area contributed by atoms with Crippen molar-refractivity contribution < 1.29 is 9.21 Å². The monoisotopic (exact) mass is 245 g/mol. The summed E-state index contributed by atoms with van der Waals surface area (Å²) in [6.45, 7) is 6.90. The maximum absolute atomic E-state index is 11.7. The van der Waals surface area contributed by atoms with Crippen molar-refractivity contribution in [2.45, 2.75) is 33.6 Å². The van der Waals surface area contributed by atoms with Crippen molar-refractivity contribution in [1.82, 2.24) is 5.32 Å². The van der Waals surface area contributed by atoms with Gasteiger partial charge in [-0.25, -0.2) is 0 Å². The zero-order valence-electron chi connectivity index (χ0n) is 11.2. The van der Waals surface area contributed by atoms with Gasteiger partial charge in [0.2, 0.25) is 5.91 Å². The lowest BCUT2D eigenvalue weighted by atomic mass is 10.0. The van der Waals surface area contributed by atoms with Gasteiger partial charge in [-0.3, -0.25) is 4.79 Å². The summed E-state index contributed by atoms with van der Waals surface area (Å²) in [5.74, 6) is 0.0535. The fraction of sp³-hybridized carbons (Fsp3) is 0.400. The standard InChI is InChI=1S/C15H19NO2/c1-4-5-16-15(17)8-12-9-18-14-7-11(3)10(2)6-13(12)14/h6-7,9H,4-5,8H2,1-3H3,(H,16,17). The Labute approximate surface area is 107 Å². The molecule has 96 valence electrons. The summed E-state index contributed by atoms with van der Waals surface area (Å²) in [4.78, 5) is 11.7. The number of carbonyl (C=O) groups is 1. The van der Waals surface area contributed by atoms with E-state index in [-0.39, 0.29) is 5.91 Å². The quantitative estimate of drug-likeness (QED) is 0.899. The molecule has 0 fully saturated rings. The van der Waals surface area contributed by atoms with Crippen LogP contribution in [-0.2, 0) is 11.2 Å². The van der Waals surface area contributed by atoms with Crippen molar-refractivity contribution in [3.63, 3.8) is 0 Å². The van der Waals surface area contributed by atoms with Crippen LogP contribution in [0.5, 0.6) is 0 Å². The Morgan fingerprint density at radius 2 is 2.00 bits per heavy atom. The normalized spacial score (nSPS) is 10.8. The highest BCUT2D eigenvalue weighted by atomic mass is 16.3. The van der Waals surface area contributed by atoms with Crippen LogP contribution in [0.1, 0.15) is 30.0 Å². The lowest BCUT2D eigenvalue weighted by molar-refractivity contribution is -0.120. The highest BCUT2D eigenvalue weighted by Gasteiger charge is 2.11. The molecule has 3 heteroatoms. The predicted octanol–water partition coefficient (Wildman–Crippen LogP) is 3.12. The van der Waals surface area contributed by atoms with Gasteiger partial charge in [0.1, 0.15) is 5.58 Å². The van der Waals surface area contributed by atoms with E-state index in [1.807, 2.05) is 13.0 Å². The van der Waals surface area contributed by atoms with E-state index >= 15 is 0 Å². The van der Waals surface area contributed by atoms with Crippen LogP contribution in [0.15, 0.2) is 22.8 Å². The van der Waals surface area contributed by atoms with E-state index in [0.717, 1.165) is 29.5 Å². The molecular formula is C15H19NO2. The van der Waals surface area contributed by atoms with E-state index in [0.29, 0.717) is 6.42 Å². The number of nitrogens with one attached hydrogen (secondary N) is 1. The molecule has 0 saturated carbocycles. The minimum Gasteiger partial charge on any atom is -0.464 e. The molecule has 18 heavy (non-hydrogen) atoms. The summed E-state index contributed by atoms with van der Waals surface area (Å²) in [7, 11) is 0. The molecule has 0 unspecified atom stereocenters. The first-order chi connectivity index (χ1) is 8.61. The lowest BCUT2D eigenvalue weighted by Crippen LogP contribution is -2.25. The fourth-order valence-electron chi connectivity index (χ4n) is 1.97. The zero-order valence-corrected chi connectivity index (χ0v) is 11.2. The van der Waals surface area contributed by atoms with Gasteiger partial charge in [0.25, 0.3) is 0 Å². The number of hydrogen-bond donors (Lipinski definition) is 1. The summed E-state index contributed by atoms with van der Waals surface area (Å²) in [6, 6.07) is 4.12. The third kappa shape index (κ3) is 2.55. The third-order valence-corrected chi connectivity index (χ3v) is 3.19. The Kier molecular flexibility index (Phi) is 3.70.